The van der Waals surface area contributed by atoms with Gasteiger partial charge in [-0.3, -0.25) is 4.79 Å². The number of carbonyl (C=O) groups is 1. The first-order chi connectivity index (χ1) is 12.2. The van der Waals surface area contributed by atoms with E-state index in [1.807, 2.05) is 42.3 Å². The number of nitrogens with zero attached hydrogens (tertiary/aromatic N) is 3. The van der Waals surface area contributed by atoms with Crippen molar-refractivity contribution in [2.75, 3.05) is 24.4 Å². The molecule has 0 saturated carbocycles. The number of para-hydroxylation sites is 1. The van der Waals surface area contributed by atoms with Crippen LogP contribution in [0.5, 0.6) is 5.75 Å². The predicted molar refractivity (Wildman–Crippen MR) is 97.5 cm³/mol. The van der Waals surface area contributed by atoms with E-state index in [1.54, 1.807) is 37.4 Å². The van der Waals surface area contributed by atoms with Crippen LogP contribution in [0.3, 0.4) is 0 Å². The number of hydrogen-bond donors (Lipinski definition) is 1. The summed E-state index contributed by atoms with van der Waals surface area (Å²) in [4.78, 5) is 22.6. The number of carbonyl (C=O) groups excluding carboxylic acids is 1. The lowest BCUT2D eigenvalue weighted by atomic mass is 10.2. The Morgan fingerprint density at radius 2 is 1.76 bits per heavy atom. The molecule has 0 bridgehead atoms. The normalized spacial score (nSPS) is 10.2. The second-order valence-corrected chi connectivity index (χ2v) is 5.34. The molecular weight excluding hydrogens is 316 g/mol. The fourth-order valence-electron chi connectivity index (χ4n) is 2.31. The van der Waals surface area contributed by atoms with E-state index in [4.69, 9.17) is 4.74 Å². The molecule has 0 spiro atoms. The maximum atomic E-state index is 12.4. The molecule has 25 heavy (non-hydrogen) atoms. The van der Waals surface area contributed by atoms with Crippen LogP contribution in [0, 0.1) is 0 Å². The highest BCUT2D eigenvalue weighted by Gasteiger charge is 2.12. The summed E-state index contributed by atoms with van der Waals surface area (Å²) in [6, 6.07) is 18.6. The highest BCUT2D eigenvalue weighted by atomic mass is 16.5. The van der Waals surface area contributed by atoms with Crippen molar-refractivity contribution < 1.29 is 9.53 Å². The molecule has 0 aliphatic carbocycles. The third-order valence-electron chi connectivity index (χ3n) is 3.72. The summed E-state index contributed by atoms with van der Waals surface area (Å²) in [5.41, 5.74) is 1.94. The second-order valence-electron chi connectivity index (χ2n) is 5.34. The summed E-state index contributed by atoms with van der Waals surface area (Å²) in [5, 5.41) is 2.81. The second kappa shape index (κ2) is 7.44. The third kappa shape index (κ3) is 3.92. The molecule has 0 atom stereocenters. The largest absolute Gasteiger partial charge is 0.497 e. The quantitative estimate of drug-likeness (QED) is 0.773. The topological polar surface area (TPSA) is 67.3 Å². The van der Waals surface area contributed by atoms with Crippen LogP contribution in [0.25, 0.3) is 0 Å². The maximum Gasteiger partial charge on any atom is 0.274 e. The molecule has 3 aromatic rings. The Morgan fingerprint density at radius 1 is 1.04 bits per heavy atom. The number of nitrogens with one attached hydrogen (secondary N) is 1. The van der Waals surface area contributed by atoms with E-state index in [0.29, 0.717) is 17.2 Å². The van der Waals surface area contributed by atoms with Crippen molar-refractivity contribution in [1.82, 2.24) is 9.97 Å². The van der Waals surface area contributed by atoms with Crippen LogP contribution in [-0.4, -0.2) is 30.0 Å². The summed E-state index contributed by atoms with van der Waals surface area (Å²) in [6.45, 7) is 0. The highest BCUT2D eigenvalue weighted by Crippen LogP contribution is 2.21. The highest BCUT2D eigenvalue weighted by molar-refractivity contribution is 6.03. The van der Waals surface area contributed by atoms with Gasteiger partial charge in [-0.2, -0.15) is 0 Å². The van der Waals surface area contributed by atoms with Crippen molar-refractivity contribution in [1.29, 1.82) is 0 Å². The van der Waals surface area contributed by atoms with Gasteiger partial charge in [0, 0.05) is 24.5 Å². The Labute approximate surface area is 146 Å². The molecule has 0 saturated heterocycles. The van der Waals surface area contributed by atoms with Gasteiger partial charge < -0.3 is 15.0 Å². The Balaban J connectivity index is 1.77. The molecule has 126 valence electrons. The monoisotopic (exact) mass is 334 g/mol. The molecule has 0 aliphatic rings. The number of amides is 1. The first-order valence-electron chi connectivity index (χ1n) is 7.73. The van der Waals surface area contributed by atoms with Gasteiger partial charge in [-0.25, -0.2) is 9.97 Å². The molecule has 1 N–H and O–H groups in total. The van der Waals surface area contributed by atoms with Crippen LogP contribution >= 0.6 is 0 Å². The average Bonchev–Trinajstić information content (AvgIpc) is 2.68. The minimum Gasteiger partial charge on any atom is -0.497 e. The standard InChI is InChI=1S/C19H18N4O2/c1-23(15-6-4-3-5-7-15)18-12-17(20-13-21-18)19(24)22-14-8-10-16(25-2)11-9-14/h3-13H,1-2H3,(H,22,24). The smallest absolute Gasteiger partial charge is 0.274 e. The van der Waals surface area contributed by atoms with Crippen LogP contribution < -0.4 is 15.0 Å². The number of benzene rings is 2. The van der Waals surface area contributed by atoms with Crippen molar-refractivity contribution in [3.63, 3.8) is 0 Å². The molecule has 0 fully saturated rings. The fraction of sp³-hybridized carbons (Fsp3) is 0.105. The van der Waals surface area contributed by atoms with E-state index in [0.717, 1.165) is 11.4 Å². The minimum atomic E-state index is -0.296. The molecule has 6 nitrogen and oxygen atoms in total. The van der Waals surface area contributed by atoms with E-state index >= 15 is 0 Å². The zero-order valence-electron chi connectivity index (χ0n) is 14.0. The Bertz CT molecular complexity index is 851. The van der Waals surface area contributed by atoms with E-state index in [2.05, 4.69) is 15.3 Å². The van der Waals surface area contributed by atoms with Gasteiger partial charge in [0.1, 0.15) is 23.6 Å². The lowest BCUT2D eigenvalue weighted by molar-refractivity contribution is 0.102. The summed E-state index contributed by atoms with van der Waals surface area (Å²) >= 11 is 0. The van der Waals surface area contributed by atoms with E-state index in [-0.39, 0.29) is 5.91 Å². The van der Waals surface area contributed by atoms with Crippen LogP contribution in [0.15, 0.2) is 67.0 Å². The van der Waals surface area contributed by atoms with Crippen LogP contribution in [0.1, 0.15) is 10.5 Å². The summed E-state index contributed by atoms with van der Waals surface area (Å²) in [7, 11) is 3.49. The number of rotatable bonds is 5. The molecule has 2 aromatic carbocycles. The van der Waals surface area contributed by atoms with Gasteiger partial charge in [0.25, 0.3) is 5.91 Å². The third-order valence-corrected chi connectivity index (χ3v) is 3.72. The van der Waals surface area contributed by atoms with E-state index in [1.165, 1.54) is 6.33 Å². The maximum absolute atomic E-state index is 12.4. The van der Waals surface area contributed by atoms with Gasteiger partial charge in [-0.05, 0) is 36.4 Å². The molecule has 1 heterocycles. The van der Waals surface area contributed by atoms with Gasteiger partial charge in [0.2, 0.25) is 0 Å². The van der Waals surface area contributed by atoms with Gasteiger partial charge in [0.15, 0.2) is 0 Å². The first kappa shape index (κ1) is 16.4. The molecule has 3 rings (SSSR count). The van der Waals surface area contributed by atoms with Crippen molar-refractivity contribution in [3.05, 3.63) is 72.7 Å². The van der Waals surface area contributed by atoms with Crippen molar-refractivity contribution in [2.45, 2.75) is 0 Å². The fourth-order valence-corrected chi connectivity index (χ4v) is 2.31. The van der Waals surface area contributed by atoms with Gasteiger partial charge >= 0.3 is 0 Å². The minimum absolute atomic E-state index is 0.295. The molecule has 0 unspecified atom stereocenters. The van der Waals surface area contributed by atoms with Gasteiger partial charge in [0.05, 0.1) is 7.11 Å². The predicted octanol–water partition coefficient (Wildman–Crippen LogP) is 3.51. The van der Waals surface area contributed by atoms with Gasteiger partial charge in [-0.1, -0.05) is 18.2 Å². The molecule has 6 heteroatoms. The lowest BCUT2D eigenvalue weighted by Crippen LogP contribution is -2.16. The number of anilines is 3. The average molecular weight is 334 g/mol. The first-order valence-corrected chi connectivity index (χ1v) is 7.73. The lowest BCUT2D eigenvalue weighted by Gasteiger charge is -2.18. The Hall–Kier alpha value is -3.41. The zero-order valence-corrected chi connectivity index (χ0v) is 14.0. The van der Waals surface area contributed by atoms with Crippen molar-refractivity contribution in [2.24, 2.45) is 0 Å². The molecule has 0 radical (unpaired) electrons. The summed E-state index contributed by atoms with van der Waals surface area (Å²) in [6.07, 6.45) is 1.39. The number of hydrogen-bond acceptors (Lipinski definition) is 5. The Morgan fingerprint density at radius 3 is 2.44 bits per heavy atom. The summed E-state index contributed by atoms with van der Waals surface area (Å²) in [5.74, 6) is 1.07. The van der Waals surface area contributed by atoms with E-state index in [9.17, 15) is 4.79 Å². The van der Waals surface area contributed by atoms with Crippen LogP contribution in [0.2, 0.25) is 0 Å². The summed E-state index contributed by atoms with van der Waals surface area (Å²) < 4.78 is 5.10. The number of aromatic nitrogens is 2. The van der Waals surface area contributed by atoms with Crippen LogP contribution in [-0.2, 0) is 0 Å². The SMILES string of the molecule is COc1ccc(NC(=O)c2cc(N(C)c3ccccc3)ncn2)cc1. The van der Waals surface area contributed by atoms with Crippen molar-refractivity contribution in [3.8, 4) is 5.75 Å². The Kier molecular flexibility index (Phi) is 4.89. The number of methoxy groups -OCH3 is 1. The molecule has 0 aliphatic heterocycles. The molecular formula is C19H18N4O2. The van der Waals surface area contributed by atoms with Crippen LogP contribution in [0.4, 0.5) is 17.2 Å². The molecule has 1 amide bonds. The number of ether oxygens (including phenoxy) is 1. The zero-order chi connectivity index (χ0) is 17.6. The van der Waals surface area contributed by atoms with Gasteiger partial charge in [-0.15, -0.1) is 0 Å². The van der Waals surface area contributed by atoms with Crippen molar-refractivity contribution >= 4 is 23.1 Å². The van der Waals surface area contributed by atoms with E-state index < -0.39 is 0 Å². The molecule has 1 aromatic heterocycles.